The van der Waals surface area contributed by atoms with Crippen LogP contribution in [0.1, 0.15) is 350 Å². The summed E-state index contributed by atoms with van der Waals surface area (Å²) in [4.78, 5) is 72.4. The zero-order valence-corrected chi connectivity index (χ0v) is 58.8. The van der Waals surface area contributed by atoms with Gasteiger partial charge in [-0.15, -0.1) is 0 Å². The molecule has 19 heteroatoms. The van der Waals surface area contributed by atoms with E-state index in [0.717, 1.165) is 95.8 Å². The van der Waals surface area contributed by atoms with Crippen LogP contribution in [0.2, 0.25) is 0 Å². The van der Waals surface area contributed by atoms with Gasteiger partial charge in [-0.25, -0.2) is 9.13 Å². The molecule has 88 heavy (non-hydrogen) atoms. The van der Waals surface area contributed by atoms with Crippen LogP contribution in [-0.2, 0) is 65.4 Å². The zero-order valence-electron chi connectivity index (χ0n) is 57.0. The summed E-state index contributed by atoms with van der Waals surface area (Å²) in [5.41, 5.74) is 0. The summed E-state index contributed by atoms with van der Waals surface area (Å²) in [6.07, 6.45) is 45.9. The van der Waals surface area contributed by atoms with Crippen LogP contribution in [-0.4, -0.2) is 96.7 Å². The Bertz CT molecular complexity index is 1720. The SMILES string of the molecule is CCCCCCCCCCCCCCCCCCCC(=O)O[C@H](COC(=O)CCCCCCCCCCCC(C)C)COP(=O)(O)OC[C@@H](O)COP(=O)(O)OC[C@@H](COC(=O)CCCCCCCCCCC)OC(=O)CCCCCCCCCC(C)C. The van der Waals surface area contributed by atoms with Crippen molar-refractivity contribution in [2.24, 2.45) is 11.8 Å². The Hall–Kier alpha value is -1.94. The highest BCUT2D eigenvalue weighted by Gasteiger charge is 2.30. The highest BCUT2D eigenvalue weighted by atomic mass is 31.2. The number of aliphatic hydroxyl groups excluding tert-OH is 1. The molecule has 522 valence electrons. The van der Waals surface area contributed by atoms with E-state index in [9.17, 15) is 43.2 Å². The largest absolute Gasteiger partial charge is 0.472 e. The molecule has 0 radical (unpaired) electrons. The number of carbonyl (C=O) groups is 4. The van der Waals surface area contributed by atoms with Gasteiger partial charge in [0.15, 0.2) is 12.2 Å². The summed E-state index contributed by atoms with van der Waals surface area (Å²) in [5, 5.41) is 10.6. The molecule has 0 aliphatic carbocycles. The first-order chi connectivity index (χ1) is 42.4. The molecule has 0 heterocycles. The van der Waals surface area contributed by atoms with Crippen molar-refractivity contribution in [1.82, 2.24) is 0 Å². The molecular formula is C69H134O17P2. The molecule has 0 amide bonds. The summed E-state index contributed by atoms with van der Waals surface area (Å²) >= 11 is 0. The van der Waals surface area contributed by atoms with Gasteiger partial charge in [-0.2, -0.15) is 0 Å². The number of esters is 4. The van der Waals surface area contributed by atoms with Gasteiger partial charge in [0, 0.05) is 25.7 Å². The molecule has 5 atom stereocenters. The Kier molecular flexibility index (Phi) is 59.9. The van der Waals surface area contributed by atoms with E-state index in [1.165, 1.54) is 167 Å². The number of phosphoric ester groups is 2. The normalized spacial score (nSPS) is 14.2. The molecule has 0 rings (SSSR count). The van der Waals surface area contributed by atoms with Crippen LogP contribution < -0.4 is 0 Å². The van der Waals surface area contributed by atoms with Crippen LogP contribution in [0, 0.1) is 11.8 Å². The minimum absolute atomic E-state index is 0.103. The van der Waals surface area contributed by atoms with Gasteiger partial charge in [-0.3, -0.25) is 37.3 Å². The van der Waals surface area contributed by atoms with Crippen molar-refractivity contribution >= 4 is 39.5 Å². The molecule has 0 aliphatic rings. The Morgan fingerprint density at radius 3 is 0.773 bits per heavy atom. The number of ether oxygens (including phenoxy) is 4. The summed E-state index contributed by atoms with van der Waals surface area (Å²) in [7, 11) is -9.89. The van der Waals surface area contributed by atoms with E-state index in [4.69, 9.17) is 37.0 Å². The summed E-state index contributed by atoms with van der Waals surface area (Å²) in [5.74, 6) is -0.689. The Labute approximate surface area is 537 Å². The molecule has 0 saturated carbocycles. The Morgan fingerprint density at radius 1 is 0.307 bits per heavy atom. The van der Waals surface area contributed by atoms with Crippen LogP contribution in [0.4, 0.5) is 0 Å². The van der Waals surface area contributed by atoms with Gasteiger partial charge in [0.2, 0.25) is 0 Å². The number of phosphoric acid groups is 2. The lowest BCUT2D eigenvalue weighted by Gasteiger charge is -2.21. The quantitative estimate of drug-likeness (QED) is 0.0222. The van der Waals surface area contributed by atoms with Crippen molar-refractivity contribution in [2.75, 3.05) is 39.6 Å². The number of hydrogen-bond acceptors (Lipinski definition) is 15. The van der Waals surface area contributed by atoms with Crippen molar-refractivity contribution in [2.45, 2.75) is 368 Å². The summed E-state index contributed by atoms with van der Waals surface area (Å²) < 4.78 is 68.2. The molecule has 0 saturated heterocycles. The molecule has 3 N–H and O–H groups in total. The lowest BCUT2D eigenvalue weighted by molar-refractivity contribution is -0.161. The summed E-state index contributed by atoms with van der Waals surface area (Å²) in [6, 6.07) is 0. The molecule has 0 bridgehead atoms. The van der Waals surface area contributed by atoms with Crippen LogP contribution in [0.25, 0.3) is 0 Å². The molecule has 0 aromatic heterocycles. The topological polar surface area (TPSA) is 237 Å². The van der Waals surface area contributed by atoms with E-state index in [1.807, 2.05) is 0 Å². The van der Waals surface area contributed by atoms with Crippen molar-refractivity contribution in [3.63, 3.8) is 0 Å². The predicted octanol–water partition coefficient (Wildman–Crippen LogP) is 19.6. The van der Waals surface area contributed by atoms with Gasteiger partial charge in [0.05, 0.1) is 26.4 Å². The van der Waals surface area contributed by atoms with Crippen LogP contribution in [0.3, 0.4) is 0 Å². The standard InChI is InChI=1S/C69H134O17P2/c1-7-9-11-13-15-17-18-19-20-21-22-23-24-28-35-41-47-53-68(73)85-64(57-80-67(72)52-46-40-34-29-25-27-31-37-43-49-61(3)4)59-83-87(75,76)81-55-63(70)56-82-88(77,78)84-60-65(58-79-66(71)51-45-39-33-26-16-14-12-10-8-2)86-69(74)54-48-42-36-30-32-38-44-50-62(5)6/h61-65,70H,7-60H2,1-6H3,(H,75,76)(H,77,78)/t63-,64-,65-/m1/s1. The highest BCUT2D eigenvalue weighted by Crippen LogP contribution is 2.45. The molecule has 17 nitrogen and oxygen atoms in total. The summed E-state index contributed by atoms with van der Waals surface area (Å²) in [6.45, 7) is 9.44. The van der Waals surface area contributed by atoms with Crippen LogP contribution in [0.15, 0.2) is 0 Å². The second-order valence-electron chi connectivity index (χ2n) is 25.9. The maximum atomic E-state index is 13.0. The maximum Gasteiger partial charge on any atom is 0.472 e. The first kappa shape index (κ1) is 86.1. The lowest BCUT2D eigenvalue weighted by atomic mass is 10.0. The van der Waals surface area contributed by atoms with Gasteiger partial charge < -0.3 is 33.8 Å². The fraction of sp³-hybridized carbons (Fsp3) is 0.942. The van der Waals surface area contributed by atoms with Crippen molar-refractivity contribution in [1.29, 1.82) is 0 Å². The third-order valence-electron chi connectivity index (χ3n) is 16.0. The zero-order chi connectivity index (χ0) is 65.0. The van der Waals surface area contributed by atoms with Crippen LogP contribution in [0.5, 0.6) is 0 Å². The van der Waals surface area contributed by atoms with E-state index in [1.54, 1.807) is 0 Å². The van der Waals surface area contributed by atoms with E-state index in [0.29, 0.717) is 31.6 Å². The lowest BCUT2D eigenvalue weighted by Crippen LogP contribution is -2.30. The molecule has 0 aromatic rings. The second-order valence-corrected chi connectivity index (χ2v) is 28.8. The third-order valence-corrected chi connectivity index (χ3v) is 17.9. The fourth-order valence-corrected chi connectivity index (χ4v) is 12.0. The van der Waals surface area contributed by atoms with Crippen molar-refractivity contribution < 1.29 is 80.2 Å². The Balaban J connectivity index is 5.22. The van der Waals surface area contributed by atoms with E-state index < -0.39 is 97.5 Å². The Morgan fingerprint density at radius 2 is 0.523 bits per heavy atom. The second kappa shape index (κ2) is 61.3. The van der Waals surface area contributed by atoms with Crippen molar-refractivity contribution in [3.8, 4) is 0 Å². The number of aliphatic hydroxyl groups is 1. The van der Waals surface area contributed by atoms with E-state index >= 15 is 0 Å². The molecule has 2 unspecified atom stereocenters. The first-order valence-corrected chi connectivity index (χ1v) is 39.0. The van der Waals surface area contributed by atoms with E-state index in [2.05, 4.69) is 41.5 Å². The molecular weight excluding hydrogens is 1160 g/mol. The minimum atomic E-state index is -4.95. The molecule has 0 fully saturated rings. The van der Waals surface area contributed by atoms with Gasteiger partial charge in [-0.1, -0.05) is 298 Å². The molecule has 0 spiro atoms. The molecule has 0 aliphatic heterocycles. The third kappa shape index (κ3) is 62.8. The number of rotatable bonds is 68. The van der Waals surface area contributed by atoms with Gasteiger partial charge in [0.1, 0.15) is 19.3 Å². The van der Waals surface area contributed by atoms with Gasteiger partial charge in [-0.05, 0) is 37.5 Å². The smallest absolute Gasteiger partial charge is 0.462 e. The van der Waals surface area contributed by atoms with Crippen molar-refractivity contribution in [3.05, 3.63) is 0 Å². The van der Waals surface area contributed by atoms with E-state index in [-0.39, 0.29) is 25.7 Å². The van der Waals surface area contributed by atoms with Gasteiger partial charge in [0.25, 0.3) is 0 Å². The fourth-order valence-electron chi connectivity index (χ4n) is 10.4. The highest BCUT2D eigenvalue weighted by molar-refractivity contribution is 7.47. The number of unbranched alkanes of at least 4 members (excludes halogenated alkanes) is 38. The van der Waals surface area contributed by atoms with Gasteiger partial charge >= 0.3 is 39.5 Å². The number of carbonyl (C=O) groups excluding carboxylic acids is 4. The average Bonchev–Trinajstić information content (AvgIpc) is 3.55. The van der Waals surface area contributed by atoms with Crippen LogP contribution >= 0.6 is 15.6 Å². The first-order valence-electron chi connectivity index (χ1n) is 36.0. The number of hydrogen-bond donors (Lipinski definition) is 3. The molecule has 0 aromatic carbocycles. The monoisotopic (exact) mass is 1300 g/mol. The predicted molar refractivity (Wildman–Crippen MR) is 354 cm³/mol. The average molecular weight is 1300 g/mol. The maximum absolute atomic E-state index is 13.0. The minimum Gasteiger partial charge on any atom is -0.462 e.